The van der Waals surface area contributed by atoms with Crippen LogP contribution in [-0.4, -0.2) is 0 Å². The molecule has 100 valence electrons. The molecule has 0 atom stereocenters. The highest BCUT2D eigenvalue weighted by Gasteiger charge is 2.03. The van der Waals surface area contributed by atoms with Crippen LogP contribution in [0.1, 0.15) is 30.9 Å². The maximum absolute atomic E-state index is 12.9. The molecule has 3 heteroatoms. The van der Waals surface area contributed by atoms with Crippen molar-refractivity contribution in [2.75, 3.05) is 5.73 Å². The van der Waals surface area contributed by atoms with Gasteiger partial charge >= 0.3 is 0 Å². The summed E-state index contributed by atoms with van der Waals surface area (Å²) in [7, 11) is 0. The Morgan fingerprint density at radius 3 is 2.37 bits per heavy atom. The molecule has 2 nitrogen and oxygen atoms in total. The van der Waals surface area contributed by atoms with Gasteiger partial charge in [0.2, 0.25) is 0 Å². The maximum Gasteiger partial charge on any atom is 0.142 e. The second-order valence-electron chi connectivity index (χ2n) is 4.87. The number of ether oxygens (including phenoxy) is 1. The van der Waals surface area contributed by atoms with Gasteiger partial charge in [0.25, 0.3) is 0 Å². The van der Waals surface area contributed by atoms with E-state index in [-0.39, 0.29) is 5.82 Å². The van der Waals surface area contributed by atoms with E-state index >= 15 is 0 Å². The molecule has 0 amide bonds. The summed E-state index contributed by atoms with van der Waals surface area (Å²) in [5.41, 5.74) is 8.36. The Labute approximate surface area is 113 Å². The van der Waals surface area contributed by atoms with Crippen molar-refractivity contribution in [3.8, 4) is 5.75 Å². The molecule has 2 aromatic carbocycles. The monoisotopic (exact) mass is 259 g/mol. The molecule has 0 aliphatic rings. The molecule has 0 unspecified atom stereocenters. The third-order valence-electron chi connectivity index (χ3n) is 3.01. The van der Waals surface area contributed by atoms with Gasteiger partial charge in [0, 0.05) is 6.07 Å². The van der Waals surface area contributed by atoms with Crippen molar-refractivity contribution < 1.29 is 9.13 Å². The number of nitrogen functional groups attached to an aromatic ring is 1. The van der Waals surface area contributed by atoms with Crippen molar-refractivity contribution >= 4 is 5.69 Å². The third-order valence-corrected chi connectivity index (χ3v) is 3.01. The zero-order valence-electron chi connectivity index (χ0n) is 11.2. The van der Waals surface area contributed by atoms with Crippen LogP contribution in [0.3, 0.4) is 0 Å². The van der Waals surface area contributed by atoms with E-state index in [4.69, 9.17) is 10.5 Å². The molecule has 0 spiro atoms. The molecule has 2 aromatic rings. The number of halogens is 1. The van der Waals surface area contributed by atoms with Gasteiger partial charge < -0.3 is 10.5 Å². The molecule has 0 saturated heterocycles. The quantitative estimate of drug-likeness (QED) is 0.839. The lowest BCUT2D eigenvalue weighted by atomic mass is 10.0. The van der Waals surface area contributed by atoms with Crippen molar-refractivity contribution in [3.05, 3.63) is 59.4 Å². The minimum atomic E-state index is -0.355. The van der Waals surface area contributed by atoms with Gasteiger partial charge in [0.05, 0.1) is 5.69 Å². The molecule has 0 aliphatic carbocycles. The first-order chi connectivity index (χ1) is 9.06. The summed E-state index contributed by atoms with van der Waals surface area (Å²) in [5.74, 6) is 0.670. The molecule has 2 N–H and O–H groups in total. The average Bonchev–Trinajstić information content (AvgIpc) is 2.38. The molecule has 0 aliphatic heterocycles. The highest BCUT2D eigenvalue weighted by molar-refractivity contribution is 5.52. The molecule has 2 rings (SSSR count). The molecule has 0 fully saturated rings. The van der Waals surface area contributed by atoms with E-state index in [1.807, 2.05) is 12.1 Å². The number of hydrogen-bond donors (Lipinski definition) is 1. The SMILES string of the molecule is CC(C)c1ccc(COc2ccc(F)cc2N)cc1. The minimum Gasteiger partial charge on any atom is -0.487 e. The molecular formula is C16H18FNO. The topological polar surface area (TPSA) is 35.2 Å². The number of benzene rings is 2. The first-order valence-electron chi connectivity index (χ1n) is 6.33. The van der Waals surface area contributed by atoms with Crippen LogP contribution in [0, 0.1) is 5.82 Å². The Hall–Kier alpha value is -2.03. The van der Waals surface area contributed by atoms with E-state index in [9.17, 15) is 4.39 Å². The zero-order valence-corrected chi connectivity index (χ0v) is 11.2. The van der Waals surface area contributed by atoms with Gasteiger partial charge in [-0.05, 0) is 29.2 Å². The van der Waals surface area contributed by atoms with Crippen LogP contribution in [0.5, 0.6) is 5.75 Å². The highest BCUT2D eigenvalue weighted by Crippen LogP contribution is 2.23. The molecule has 0 heterocycles. The van der Waals surface area contributed by atoms with Crippen molar-refractivity contribution in [1.82, 2.24) is 0 Å². The molecule has 0 radical (unpaired) electrons. The number of hydrogen-bond acceptors (Lipinski definition) is 2. The Morgan fingerprint density at radius 1 is 1.11 bits per heavy atom. The second kappa shape index (κ2) is 5.74. The first kappa shape index (κ1) is 13.4. The summed E-state index contributed by atoms with van der Waals surface area (Å²) < 4.78 is 18.5. The van der Waals surface area contributed by atoms with Crippen LogP contribution in [0.4, 0.5) is 10.1 Å². The van der Waals surface area contributed by atoms with Crippen LogP contribution in [-0.2, 0) is 6.61 Å². The van der Waals surface area contributed by atoms with Crippen molar-refractivity contribution in [1.29, 1.82) is 0 Å². The van der Waals surface area contributed by atoms with E-state index in [1.165, 1.54) is 17.7 Å². The van der Waals surface area contributed by atoms with E-state index in [0.717, 1.165) is 5.56 Å². The van der Waals surface area contributed by atoms with Gasteiger partial charge in [0.15, 0.2) is 0 Å². The van der Waals surface area contributed by atoms with Crippen molar-refractivity contribution in [3.63, 3.8) is 0 Å². The summed E-state index contributed by atoms with van der Waals surface area (Å²) >= 11 is 0. The van der Waals surface area contributed by atoms with Crippen LogP contribution < -0.4 is 10.5 Å². The molecule has 0 saturated carbocycles. The lowest BCUT2D eigenvalue weighted by Gasteiger charge is -2.10. The van der Waals surface area contributed by atoms with E-state index in [2.05, 4.69) is 26.0 Å². The summed E-state index contributed by atoms with van der Waals surface area (Å²) in [6, 6.07) is 12.4. The minimum absolute atomic E-state index is 0.318. The lowest BCUT2D eigenvalue weighted by molar-refractivity contribution is 0.307. The normalized spacial score (nSPS) is 10.7. The fraction of sp³-hybridized carbons (Fsp3) is 0.250. The Bertz CT molecular complexity index is 549. The summed E-state index contributed by atoms with van der Waals surface area (Å²) in [4.78, 5) is 0. The van der Waals surface area contributed by atoms with E-state index in [1.54, 1.807) is 6.07 Å². The number of rotatable bonds is 4. The average molecular weight is 259 g/mol. The zero-order chi connectivity index (χ0) is 13.8. The van der Waals surface area contributed by atoms with E-state index in [0.29, 0.717) is 24.0 Å². The number of anilines is 1. The summed E-state index contributed by atoms with van der Waals surface area (Å²) in [6.45, 7) is 4.74. The van der Waals surface area contributed by atoms with Crippen LogP contribution >= 0.6 is 0 Å². The maximum atomic E-state index is 12.9. The van der Waals surface area contributed by atoms with Gasteiger partial charge in [0.1, 0.15) is 18.2 Å². The predicted octanol–water partition coefficient (Wildman–Crippen LogP) is 4.11. The Balaban J connectivity index is 2.02. The van der Waals surface area contributed by atoms with Crippen molar-refractivity contribution in [2.45, 2.75) is 26.4 Å². The third kappa shape index (κ3) is 3.47. The van der Waals surface area contributed by atoms with E-state index < -0.39 is 0 Å². The Morgan fingerprint density at radius 2 is 1.79 bits per heavy atom. The standard InChI is InChI=1S/C16H18FNO/c1-11(2)13-5-3-12(4-6-13)10-19-16-8-7-14(17)9-15(16)18/h3-9,11H,10,18H2,1-2H3. The van der Waals surface area contributed by atoms with Crippen molar-refractivity contribution in [2.24, 2.45) is 0 Å². The summed E-state index contributed by atoms with van der Waals surface area (Å²) in [6.07, 6.45) is 0. The second-order valence-corrected chi connectivity index (χ2v) is 4.87. The predicted molar refractivity (Wildman–Crippen MR) is 75.7 cm³/mol. The van der Waals surface area contributed by atoms with Crippen LogP contribution in [0.2, 0.25) is 0 Å². The fourth-order valence-electron chi connectivity index (χ4n) is 1.81. The smallest absolute Gasteiger partial charge is 0.142 e. The molecule has 0 bridgehead atoms. The largest absolute Gasteiger partial charge is 0.487 e. The Kier molecular flexibility index (Phi) is 4.05. The molecule has 19 heavy (non-hydrogen) atoms. The van der Waals surface area contributed by atoms with Crippen LogP contribution in [0.25, 0.3) is 0 Å². The van der Waals surface area contributed by atoms with Gasteiger partial charge in [-0.1, -0.05) is 38.1 Å². The highest BCUT2D eigenvalue weighted by atomic mass is 19.1. The van der Waals surface area contributed by atoms with Crippen LogP contribution in [0.15, 0.2) is 42.5 Å². The van der Waals surface area contributed by atoms with Gasteiger partial charge in [-0.15, -0.1) is 0 Å². The lowest BCUT2D eigenvalue weighted by Crippen LogP contribution is -1.99. The van der Waals surface area contributed by atoms with Gasteiger partial charge in [-0.25, -0.2) is 4.39 Å². The first-order valence-corrected chi connectivity index (χ1v) is 6.33. The fourth-order valence-corrected chi connectivity index (χ4v) is 1.81. The van der Waals surface area contributed by atoms with Gasteiger partial charge in [-0.2, -0.15) is 0 Å². The summed E-state index contributed by atoms with van der Waals surface area (Å²) in [5, 5.41) is 0. The number of nitrogens with two attached hydrogens (primary N) is 1. The molecule has 0 aromatic heterocycles. The molecular weight excluding hydrogens is 241 g/mol. The van der Waals surface area contributed by atoms with Gasteiger partial charge in [-0.3, -0.25) is 0 Å².